The Hall–Kier alpha value is -7.40. The molecule has 0 aliphatic carbocycles. The number of hydrazone groups is 1. The molecule has 6 N–H and O–H groups in total. The van der Waals surface area contributed by atoms with Crippen molar-refractivity contribution in [3.63, 3.8) is 0 Å². The summed E-state index contributed by atoms with van der Waals surface area (Å²) in [5, 5.41) is 41.7. The van der Waals surface area contributed by atoms with E-state index in [9.17, 15) is 34.5 Å². The molecule has 1 aliphatic heterocycles. The van der Waals surface area contributed by atoms with Gasteiger partial charge in [-0.1, -0.05) is 57.2 Å². The first-order valence-electron chi connectivity index (χ1n) is 23.3. The fourth-order valence-electron chi connectivity index (χ4n) is 8.53. The average molecular weight is 993 g/mol. The van der Waals surface area contributed by atoms with Gasteiger partial charge in [0.15, 0.2) is 0 Å². The highest BCUT2D eigenvalue weighted by atomic mass is 32.1. The number of likely N-dealkylation sites (tertiary alicyclic amines) is 1. The SMILES string of the molecule is Cc1ncsc1-c1ccc([C@H](C)NC(=O)[C@@H]2C[C@@H](O)CN2C(=O)[C@@H](NC(=O)CCCOc2ccc(/C=N/NC(=O)c3ccc(-c4c(-c5ccc(O)cc5)sc5cc(O)ccc45)cc3)cc2)C(C)(C)C)cc1. The van der Waals surface area contributed by atoms with Crippen molar-refractivity contribution in [3.8, 4) is 49.3 Å². The number of phenols is 2. The Labute approximate surface area is 420 Å². The second-order valence-corrected chi connectivity index (χ2v) is 20.6. The molecule has 1 aliphatic rings. The number of benzene rings is 5. The summed E-state index contributed by atoms with van der Waals surface area (Å²) in [4.78, 5) is 61.9. The van der Waals surface area contributed by atoms with E-state index in [2.05, 4.69) is 26.1 Å². The van der Waals surface area contributed by atoms with Gasteiger partial charge in [0.05, 0.1) is 41.0 Å². The number of β-amino-alcohol motifs (C(OH)–C–C–N with tert-alkyl or cyclic N) is 1. The van der Waals surface area contributed by atoms with Gasteiger partial charge in [-0.05, 0) is 132 Å². The van der Waals surface area contributed by atoms with Gasteiger partial charge in [0.25, 0.3) is 5.91 Å². The molecule has 0 unspecified atom stereocenters. The number of thiazole rings is 1. The molecule has 4 atom stereocenters. The third-order valence-corrected chi connectivity index (χ3v) is 14.6. The summed E-state index contributed by atoms with van der Waals surface area (Å²) in [6.45, 7) is 9.60. The minimum Gasteiger partial charge on any atom is -0.508 e. The van der Waals surface area contributed by atoms with E-state index in [0.717, 1.165) is 58.9 Å². The molecule has 16 heteroatoms. The Bertz CT molecular complexity index is 3050. The number of ether oxygens (including phenoxy) is 1. The third-order valence-electron chi connectivity index (χ3n) is 12.4. The average Bonchev–Trinajstić information content (AvgIpc) is 4.08. The molecule has 0 radical (unpaired) electrons. The highest BCUT2D eigenvalue weighted by Crippen LogP contribution is 2.46. The van der Waals surface area contributed by atoms with Gasteiger partial charge in [0.1, 0.15) is 29.3 Å². The zero-order chi connectivity index (χ0) is 50.4. The van der Waals surface area contributed by atoms with Crippen molar-refractivity contribution in [2.24, 2.45) is 10.5 Å². The van der Waals surface area contributed by atoms with Gasteiger partial charge in [0, 0.05) is 45.5 Å². The van der Waals surface area contributed by atoms with Crippen LogP contribution in [-0.2, 0) is 14.4 Å². The lowest BCUT2D eigenvalue weighted by Gasteiger charge is -2.35. The smallest absolute Gasteiger partial charge is 0.271 e. The van der Waals surface area contributed by atoms with Crippen molar-refractivity contribution in [1.82, 2.24) is 25.9 Å². The maximum Gasteiger partial charge on any atom is 0.271 e. The van der Waals surface area contributed by atoms with Crippen molar-refractivity contribution >= 4 is 62.6 Å². The summed E-state index contributed by atoms with van der Waals surface area (Å²) >= 11 is 3.11. The molecule has 4 amide bonds. The number of aromatic hydroxyl groups is 2. The molecule has 366 valence electrons. The van der Waals surface area contributed by atoms with E-state index in [4.69, 9.17) is 4.74 Å². The van der Waals surface area contributed by atoms with Crippen molar-refractivity contribution in [2.45, 2.75) is 78.1 Å². The van der Waals surface area contributed by atoms with Crippen LogP contribution < -0.4 is 20.8 Å². The summed E-state index contributed by atoms with van der Waals surface area (Å²) in [5.74, 6) is -0.610. The molecule has 1 saturated heterocycles. The van der Waals surface area contributed by atoms with Crippen LogP contribution in [-0.4, -0.2) is 86.4 Å². The first kappa shape index (κ1) is 50.0. The lowest BCUT2D eigenvalue weighted by Crippen LogP contribution is -2.57. The topological polar surface area (TPSA) is 203 Å². The molecule has 7 aromatic rings. The number of aliphatic hydroxyl groups excluding tert-OH is 1. The molecular weight excluding hydrogens is 937 g/mol. The highest BCUT2D eigenvalue weighted by molar-refractivity contribution is 7.23. The lowest BCUT2D eigenvalue weighted by molar-refractivity contribution is -0.144. The minimum absolute atomic E-state index is 0.0205. The van der Waals surface area contributed by atoms with Gasteiger partial charge < -0.3 is 35.6 Å². The van der Waals surface area contributed by atoms with E-state index in [0.29, 0.717) is 17.7 Å². The molecule has 0 saturated carbocycles. The Balaban J connectivity index is 0.795. The van der Waals surface area contributed by atoms with Crippen molar-refractivity contribution in [3.05, 3.63) is 143 Å². The number of aryl methyl sites for hydroxylation is 1. The second kappa shape index (κ2) is 21.7. The van der Waals surface area contributed by atoms with Crippen LogP contribution in [0.4, 0.5) is 0 Å². The third kappa shape index (κ3) is 12.0. The van der Waals surface area contributed by atoms with E-state index in [1.807, 2.05) is 94.7 Å². The van der Waals surface area contributed by atoms with Crippen LogP contribution >= 0.6 is 22.7 Å². The fraction of sp³-hybridized carbons (Fsp3) is 0.273. The van der Waals surface area contributed by atoms with Crippen LogP contribution in [0.3, 0.4) is 0 Å². The number of carbonyl (C=O) groups is 4. The fourth-order valence-corrected chi connectivity index (χ4v) is 10.6. The second-order valence-electron chi connectivity index (χ2n) is 18.7. The number of rotatable bonds is 16. The summed E-state index contributed by atoms with van der Waals surface area (Å²) in [7, 11) is 0. The summed E-state index contributed by atoms with van der Waals surface area (Å²) in [5.41, 5.74) is 10.5. The Morgan fingerprint density at radius 2 is 1.52 bits per heavy atom. The minimum atomic E-state index is -0.946. The predicted molar refractivity (Wildman–Crippen MR) is 279 cm³/mol. The maximum absolute atomic E-state index is 14.1. The van der Waals surface area contributed by atoms with E-state index >= 15 is 0 Å². The normalized spacial score (nSPS) is 15.7. The number of carbonyl (C=O) groups excluding carboxylic acids is 4. The van der Waals surface area contributed by atoms with E-state index in [1.165, 1.54) is 22.5 Å². The van der Waals surface area contributed by atoms with Crippen molar-refractivity contribution in [1.29, 1.82) is 0 Å². The molecule has 3 heterocycles. The monoisotopic (exact) mass is 992 g/mol. The molecule has 0 spiro atoms. The molecule has 14 nitrogen and oxygen atoms in total. The van der Waals surface area contributed by atoms with Gasteiger partial charge in [-0.2, -0.15) is 5.10 Å². The first-order valence-corrected chi connectivity index (χ1v) is 25.0. The number of thiophene rings is 1. The molecule has 71 heavy (non-hydrogen) atoms. The zero-order valence-corrected chi connectivity index (χ0v) is 41.6. The number of aromatic nitrogens is 1. The van der Waals surface area contributed by atoms with Crippen molar-refractivity contribution < 1.29 is 39.2 Å². The number of phenolic OH excluding ortho intramolecular Hbond substituents is 2. The molecule has 8 rings (SSSR count). The van der Waals surface area contributed by atoms with Crippen LogP contribution in [0.2, 0.25) is 0 Å². The molecular formula is C55H56N6O8S2. The zero-order valence-electron chi connectivity index (χ0n) is 40.0. The van der Waals surface area contributed by atoms with Crippen molar-refractivity contribution in [2.75, 3.05) is 13.2 Å². The predicted octanol–water partition coefficient (Wildman–Crippen LogP) is 9.37. The Morgan fingerprint density at radius 3 is 2.20 bits per heavy atom. The van der Waals surface area contributed by atoms with Crippen LogP contribution in [0.5, 0.6) is 17.2 Å². The standard InChI is InChI=1S/C55H56N6O8S2/c1-32(35-10-14-37(15-11-35)49-33(2)56-31-70-49)58-53(67)45-27-42(64)30-61(45)54(68)51(55(3,4)5)59-47(65)7-6-26-69-43-23-8-34(9-24-43)29-57-60-52(66)39-16-12-36(13-17-39)48-44-25-22-41(63)28-46(44)71-50(48)38-18-20-40(62)21-19-38/h8-25,28-29,31-32,42,45,51,62-64H,6-7,26-27,30H2,1-5H3,(H,58,67)(H,59,65)(H,60,66)/b57-29+/t32-,42+,45-,51+/m0/s1. The van der Waals surface area contributed by atoms with E-state index in [-0.39, 0.29) is 61.3 Å². The van der Waals surface area contributed by atoms with Gasteiger partial charge in [0.2, 0.25) is 17.7 Å². The Kier molecular flexibility index (Phi) is 15.3. The number of aliphatic hydroxyl groups is 1. The summed E-state index contributed by atoms with van der Waals surface area (Å²) in [6, 6.07) is 32.3. The number of nitrogens with one attached hydrogen (secondary N) is 3. The Morgan fingerprint density at radius 1 is 0.859 bits per heavy atom. The lowest BCUT2D eigenvalue weighted by atomic mass is 9.85. The first-order chi connectivity index (χ1) is 34.0. The number of fused-ring (bicyclic) bond motifs is 1. The van der Waals surface area contributed by atoms with E-state index in [1.54, 1.807) is 72.0 Å². The van der Waals surface area contributed by atoms with Gasteiger partial charge in [-0.15, -0.1) is 22.7 Å². The molecule has 5 aromatic carbocycles. The number of nitrogens with zero attached hydrogens (tertiary/aromatic N) is 3. The van der Waals surface area contributed by atoms with Crippen LogP contribution in [0.1, 0.15) is 80.2 Å². The van der Waals surface area contributed by atoms with Gasteiger partial charge in [-0.3, -0.25) is 19.2 Å². The summed E-state index contributed by atoms with van der Waals surface area (Å²) in [6.07, 6.45) is 1.19. The maximum atomic E-state index is 14.1. The van der Waals surface area contributed by atoms with Crippen LogP contribution in [0, 0.1) is 12.3 Å². The summed E-state index contributed by atoms with van der Waals surface area (Å²) < 4.78 is 6.80. The molecule has 2 aromatic heterocycles. The number of amides is 4. The van der Waals surface area contributed by atoms with Crippen LogP contribution in [0.15, 0.2) is 126 Å². The van der Waals surface area contributed by atoms with Gasteiger partial charge >= 0.3 is 0 Å². The molecule has 0 bridgehead atoms. The number of hydrogen-bond acceptors (Lipinski definition) is 12. The largest absolute Gasteiger partial charge is 0.508 e. The quantitative estimate of drug-likeness (QED) is 0.0310. The van der Waals surface area contributed by atoms with Crippen LogP contribution in [0.25, 0.3) is 42.1 Å². The highest BCUT2D eigenvalue weighted by Gasteiger charge is 2.44. The number of hydrogen-bond donors (Lipinski definition) is 6. The van der Waals surface area contributed by atoms with Gasteiger partial charge in [-0.25, -0.2) is 10.4 Å². The molecule has 1 fully saturated rings. The van der Waals surface area contributed by atoms with E-state index < -0.39 is 29.5 Å².